The van der Waals surface area contributed by atoms with Gasteiger partial charge in [-0.25, -0.2) is 14.8 Å². The number of aromatic nitrogens is 2. The molecule has 2 atom stereocenters. The maximum atomic E-state index is 10.6. The molecule has 2 saturated heterocycles. The highest BCUT2D eigenvalue weighted by molar-refractivity contribution is 5.73. The average molecular weight is 407 g/mol. The average Bonchev–Trinajstić information content (AvgIpc) is 2.67. The molecule has 2 aliphatic heterocycles. The molecule has 2 fully saturated rings. The van der Waals surface area contributed by atoms with Gasteiger partial charge in [0, 0.05) is 38.3 Å². The van der Waals surface area contributed by atoms with E-state index in [-0.39, 0.29) is 5.41 Å². The van der Waals surface area contributed by atoms with E-state index in [2.05, 4.69) is 14.9 Å². The quantitative estimate of drug-likeness (QED) is 0.812. The Balaban J connectivity index is 0.000000345. The molecule has 0 bridgehead atoms. The summed E-state index contributed by atoms with van der Waals surface area (Å²) in [6, 6.07) is 1.89. The van der Waals surface area contributed by atoms with E-state index in [4.69, 9.17) is 24.1 Å². The zero-order valence-corrected chi connectivity index (χ0v) is 15.7. The molecule has 8 nitrogen and oxygen atoms in total. The summed E-state index contributed by atoms with van der Waals surface area (Å²) in [6.07, 6.45) is 0.0209. The number of nitrogens with zero attached hydrogens (tertiary/aromatic N) is 3. The number of anilines is 1. The van der Waals surface area contributed by atoms with Crippen LogP contribution in [-0.4, -0.2) is 73.8 Å². The Morgan fingerprint density at radius 3 is 2.75 bits per heavy atom. The third-order valence-corrected chi connectivity index (χ3v) is 4.82. The van der Waals surface area contributed by atoms with Gasteiger partial charge in [-0.2, -0.15) is 13.2 Å². The fourth-order valence-electron chi connectivity index (χ4n) is 3.60. The predicted molar refractivity (Wildman–Crippen MR) is 92.4 cm³/mol. The Bertz CT molecular complexity index is 657. The standard InChI is InChI=1S/C15H23N3O3.C2HF3O2/c1-19-10-15-5-3-7-21-12(15)4-6-18(9-15)13-8-14(20-2)17-11-16-13;3-2(4,5)1(6)7/h8,11-12H,3-7,9-10H2,1-2H3;(H,6,7). The molecular weight excluding hydrogens is 383 g/mol. The second kappa shape index (κ2) is 9.37. The van der Waals surface area contributed by atoms with E-state index in [1.165, 1.54) is 0 Å². The molecule has 1 aromatic rings. The summed E-state index contributed by atoms with van der Waals surface area (Å²) in [7, 11) is 3.40. The lowest BCUT2D eigenvalue weighted by Gasteiger charge is -2.50. The van der Waals surface area contributed by atoms with Gasteiger partial charge in [0.2, 0.25) is 5.88 Å². The second-order valence-corrected chi connectivity index (χ2v) is 6.69. The maximum Gasteiger partial charge on any atom is 0.490 e. The van der Waals surface area contributed by atoms with Crippen LogP contribution in [0.15, 0.2) is 12.4 Å². The number of fused-ring (bicyclic) bond motifs is 1. The molecule has 0 aromatic carbocycles. The van der Waals surface area contributed by atoms with Crippen molar-refractivity contribution in [3.05, 3.63) is 12.4 Å². The Labute approximate surface area is 160 Å². The Kier molecular flexibility index (Phi) is 7.41. The highest BCUT2D eigenvalue weighted by Gasteiger charge is 2.46. The summed E-state index contributed by atoms with van der Waals surface area (Å²) < 4.78 is 48.4. The van der Waals surface area contributed by atoms with Gasteiger partial charge in [0.05, 0.1) is 19.8 Å². The molecule has 0 amide bonds. The second-order valence-electron chi connectivity index (χ2n) is 6.69. The predicted octanol–water partition coefficient (Wildman–Crippen LogP) is 2.14. The van der Waals surface area contributed by atoms with E-state index in [0.29, 0.717) is 12.0 Å². The SMILES string of the molecule is COCC12CCCOC1CCN(c1cc(OC)ncn1)C2.O=C(O)C(F)(F)F. The van der Waals surface area contributed by atoms with Gasteiger partial charge in [-0.05, 0) is 19.3 Å². The van der Waals surface area contributed by atoms with Crippen molar-refractivity contribution < 1.29 is 37.3 Å². The molecule has 0 aliphatic carbocycles. The van der Waals surface area contributed by atoms with Crippen LogP contribution in [0.4, 0.5) is 19.0 Å². The number of rotatable bonds is 4. The van der Waals surface area contributed by atoms with Crippen molar-refractivity contribution in [3.8, 4) is 5.88 Å². The Morgan fingerprint density at radius 2 is 2.14 bits per heavy atom. The first-order chi connectivity index (χ1) is 13.2. The van der Waals surface area contributed by atoms with Crippen molar-refractivity contribution in [2.75, 3.05) is 45.4 Å². The topological polar surface area (TPSA) is 94.0 Å². The fourth-order valence-corrected chi connectivity index (χ4v) is 3.60. The number of piperidine rings is 1. The molecule has 0 radical (unpaired) electrons. The lowest BCUT2D eigenvalue weighted by atomic mass is 9.73. The Morgan fingerprint density at radius 1 is 1.43 bits per heavy atom. The fraction of sp³-hybridized carbons (Fsp3) is 0.706. The molecule has 2 aliphatic rings. The van der Waals surface area contributed by atoms with E-state index in [1.807, 2.05) is 6.07 Å². The van der Waals surface area contributed by atoms with Crippen LogP contribution in [0.25, 0.3) is 0 Å². The molecular formula is C17H24F3N3O5. The molecule has 2 unspecified atom stereocenters. The molecule has 3 rings (SSSR count). The number of carboxylic acid groups (broad SMARTS) is 1. The van der Waals surface area contributed by atoms with E-state index in [0.717, 1.165) is 51.4 Å². The molecule has 28 heavy (non-hydrogen) atoms. The van der Waals surface area contributed by atoms with Gasteiger partial charge < -0.3 is 24.2 Å². The maximum absolute atomic E-state index is 10.6. The number of carboxylic acids is 1. The first-order valence-corrected chi connectivity index (χ1v) is 8.73. The van der Waals surface area contributed by atoms with Crippen molar-refractivity contribution in [3.63, 3.8) is 0 Å². The summed E-state index contributed by atoms with van der Waals surface area (Å²) >= 11 is 0. The van der Waals surface area contributed by atoms with Gasteiger partial charge >= 0.3 is 12.1 Å². The lowest BCUT2D eigenvalue weighted by molar-refractivity contribution is -0.192. The number of hydrogen-bond acceptors (Lipinski definition) is 7. The summed E-state index contributed by atoms with van der Waals surface area (Å²) in [5.41, 5.74) is 0.0729. The van der Waals surface area contributed by atoms with Crippen LogP contribution < -0.4 is 9.64 Å². The van der Waals surface area contributed by atoms with Gasteiger partial charge in [0.15, 0.2) is 0 Å². The third-order valence-electron chi connectivity index (χ3n) is 4.82. The van der Waals surface area contributed by atoms with Crippen LogP contribution in [0.2, 0.25) is 0 Å². The number of halogens is 3. The van der Waals surface area contributed by atoms with Gasteiger partial charge in [0.25, 0.3) is 0 Å². The number of hydrogen-bond donors (Lipinski definition) is 1. The van der Waals surface area contributed by atoms with Crippen molar-refractivity contribution >= 4 is 11.8 Å². The van der Waals surface area contributed by atoms with E-state index in [9.17, 15) is 13.2 Å². The van der Waals surface area contributed by atoms with Gasteiger partial charge in [-0.3, -0.25) is 0 Å². The lowest BCUT2D eigenvalue weighted by Crippen LogP contribution is -2.57. The molecule has 0 spiro atoms. The largest absolute Gasteiger partial charge is 0.490 e. The highest BCUT2D eigenvalue weighted by Crippen LogP contribution is 2.41. The number of methoxy groups -OCH3 is 2. The Hall–Kier alpha value is -2.14. The van der Waals surface area contributed by atoms with Crippen molar-refractivity contribution in [1.29, 1.82) is 0 Å². The van der Waals surface area contributed by atoms with E-state index in [1.54, 1.807) is 20.5 Å². The summed E-state index contributed by atoms with van der Waals surface area (Å²) in [6.45, 7) is 3.45. The van der Waals surface area contributed by atoms with Crippen molar-refractivity contribution in [2.24, 2.45) is 5.41 Å². The van der Waals surface area contributed by atoms with Gasteiger partial charge in [-0.15, -0.1) is 0 Å². The van der Waals surface area contributed by atoms with Gasteiger partial charge in [0.1, 0.15) is 12.1 Å². The first kappa shape index (κ1) is 22.2. The number of ether oxygens (including phenoxy) is 3. The number of aliphatic carboxylic acids is 1. The monoisotopic (exact) mass is 407 g/mol. The zero-order valence-electron chi connectivity index (χ0n) is 15.7. The van der Waals surface area contributed by atoms with Gasteiger partial charge in [-0.1, -0.05) is 0 Å². The van der Waals surface area contributed by atoms with Crippen LogP contribution in [-0.2, 0) is 14.3 Å². The minimum atomic E-state index is -5.08. The normalized spacial score (nSPS) is 24.6. The van der Waals surface area contributed by atoms with Crippen LogP contribution in [0.5, 0.6) is 5.88 Å². The van der Waals surface area contributed by atoms with Crippen LogP contribution >= 0.6 is 0 Å². The van der Waals surface area contributed by atoms with E-state index >= 15 is 0 Å². The molecule has 158 valence electrons. The molecule has 11 heteroatoms. The summed E-state index contributed by atoms with van der Waals surface area (Å²) in [4.78, 5) is 19.7. The van der Waals surface area contributed by atoms with Crippen LogP contribution in [0.1, 0.15) is 19.3 Å². The van der Waals surface area contributed by atoms with E-state index < -0.39 is 12.1 Å². The number of carbonyl (C=O) groups is 1. The first-order valence-electron chi connectivity index (χ1n) is 8.73. The highest BCUT2D eigenvalue weighted by atomic mass is 19.4. The molecule has 0 saturated carbocycles. The summed E-state index contributed by atoms with van der Waals surface area (Å²) in [5, 5.41) is 7.12. The molecule has 1 N–H and O–H groups in total. The smallest absolute Gasteiger partial charge is 0.481 e. The minimum Gasteiger partial charge on any atom is -0.481 e. The van der Waals surface area contributed by atoms with Crippen molar-refractivity contribution in [1.82, 2.24) is 9.97 Å². The van der Waals surface area contributed by atoms with Crippen LogP contribution in [0, 0.1) is 5.41 Å². The third kappa shape index (κ3) is 5.44. The molecule has 3 heterocycles. The number of alkyl halides is 3. The van der Waals surface area contributed by atoms with Crippen molar-refractivity contribution in [2.45, 2.75) is 31.5 Å². The van der Waals surface area contributed by atoms with Crippen LogP contribution in [0.3, 0.4) is 0 Å². The molecule has 1 aromatic heterocycles. The minimum absolute atomic E-state index is 0.0729. The zero-order chi connectivity index (χ0) is 20.8. The summed E-state index contributed by atoms with van der Waals surface area (Å²) in [5.74, 6) is -1.24.